The maximum atomic E-state index is 10.3. The average Bonchev–Trinajstić information content (AvgIpc) is 2.92. The second-order valence-corrected chi connectivity index (χ2v) is 5.87. The normalized spacial score (nSPS) is 22.9. The first-order valence-electron chi connectivity index (χ1n) is 7.30. The quantitative estimate of drug-likeness (QED) is 0.885. The highest BCUT2D eigenvalue weighted by Crippen LogP contribution is 2.29. The summed E-state index contributed by atoms with van der Waals surface area (Å²) in [5.41, 5.74) is 2.94. The minimum atomic E-state index is -0.113. The highest BCUT2D eigenvalue weighted by molar-refractivity contribution is 5.29. The number of hydrogen-bond acceptors (Lipinski definition) is 2. The Morgan fingerprint density at radius 2 is 1.89 bits per heavy atom. The summed E-state index contributed by atoms with van der Waals surface area (Å²) < 4.78 is 0. The molecule has 18 heavy (non-hydrogen) atoms. The highest BCUT2D eigenvalue weighted by Gasteiger charge is 2.26. The van der Waals surface area contributed by atoms with Gasteiger partial charge in [0.2, 0.25) is 0 Å². The van der Waals surface area contributed by atoms with Gasteiger partial charge in [0.15, 0.2) is 0 Å². The van der Waals surface area contributed by atoms with Crippen molar-refractivity contribution in [3.05, 3.63) is 35.4 Å². The van der Waals surface area contributed by atoms with E-state index >= 15 is 0 Å². The molecule has 1 heterocycles. The summed E-state index contributed by atoms with van der Waals surface area (Å²) in [6.45, 7) is 2.97. The van der Waals surface area contributed by atoms with Crippen LogP contribution in [0.15, 0.2) is 24.3 Å². The van der Waals surface area contributed by atoms with Gasteiger partial charge in [-0.3, -0.25) is 4.90 Å². The summed E-state index contributed by atoms with van der Waals surface area (Å²) >= 11 is 0. The second-order valence-electron chi connectivity index (χ2n) is 5.87. The molecule has 1 aromatic carbocycles. The van der Waals surface area contributed by atoms with Gasteiger partial charge in [-0.15, -0.1) is 0 Å². The molecule has 3 rings (SSSR count). The zero-order valence-electron chi connectivity index (χ0n) is 11.0. The molecule has 1 aliphatic heterocycles. The molecule has 2 aliphatic rings. The lowest BCUT2D eigenvalue weighted by atomic mass is 9.97. The van der Waals surface area contributed by atoms with E-state index in [1.807, 2.05) is 0 Å². The molecule has 1 unspecified atom stereocenters. The first-order valence-corrected chi connectivity index (χ1v) is 7.30. The summed E-state index contributed by atoms with van der Waals surface area (Å²) in [6, 6.07) is 8.71. The second kappa shape index (κ2) is 5.41. The summed E-state index contributed by atoms with van der Waals surface area (Å²) in [5, 5.41) is 10.3. The molecule has 2 nitrogen and oxygen atoms in total. The zero-order chi connectivity index (χ0) is 12.4. The molecule has 1 saturated carbocycles. The van der Waals surface area contributed by atoms with E-state index in [1.54, 1.807) is 0 Å². The van der Waals surface area contributed by atoms with E-state index in [-0.39, 0.29) is 6.10 Å². The van der Waals surface area contributed by atoms with Crippen LogP contribution in [0.5, 0.6) is 0 Å². The van der Waals surface area contributed by atoms with Gasteiger partial charge in [-0.2, -0.15) is 0 Å². The number of aliphatic hydroxyl groups is 1. The Morgan fingerprint density at radius 3 is 2.67 bits per heavy atom. The fraction of sp³-hybridized carbons (Fsp3) is 0.625. The van der Waals surface area contributed by atoms with Crippen LogP contribution in [0.1, 0.15) is 36.8 Å². The van der Waals surface area contributed by atoms with E-state index in [0.29, 0.717) is 5.92 Å². The van der Waals surface area contributed by atoms with Crippen molar-refractivity contribution in [2.75, 3.05) is 13.1 Å². The van der Waals surface area contributed by atoms with Crippen molar-refractivity contribution in [3.8, 4) is 0 Å². The summed E-state index contributed by atoms with van der Waals surface area (Å²) in [6.07, 6.45) is 6.10. The number of fused-ring (bicyclic) bond motifs is 1. The minimum absolute atomic E-state index is 0.113. The van der Waals surface area contributed by atoms with E-state index in [0.717, 1.165) is 26.1 Å². The highest BCUT2D eigenvalue weighted by atomic mass is 16.3. The van der Waals surface area contributed by atoms with E-state index in [2.05, 4.69) is 29.2 Å². The van der Waals surface area contributed by atoms with Gasteiger partial charge in [-0.25, -0.2) is 0 Å². The SMILES string of the molecule is OC(CN1CCc2ccccc2C1)C1CCCC1. The van der Waals surface area contributed by atoms with Gasteiger partial charge < -0.3 is 5.11 Å². The molecule has 0 spiro atoms. The molecule has 0 radical (unpaired) electrons. The van der Waals surface area contributed by atoms with Gasteiger partial charge >= 0.3 is 0 Å². The summed E-state index contributed by atoms with van der Waals surface area (Å²) in [7, 11) is 0. The number of nitrogens with zero attached hydrogens (tertiary/aromatic N) is 1. The van der Waals surface area contributed by atoms with Crippen LogP contribution in [0.2, 0.25) is 0 Å². The summed E-state index contributed by atoms with van der Waals surface area (Å²) in [4.78, 5) is 2.42. The third-order valence-corrected chi connectivity index (χ3v) is 4.60. The number of β-amino-alcohol motifs (C(OH)–C–C–N with tert-alkyl or cyclic N) is 1. The van der Waals surface area contributed by atoms with Crippen LogP contribution < -0.4 is 0 Å². The topological polar surface area (TPSA) is 23.5 Å². The average molecular weight is 245 g/mol. The van der Waals surface area contributed by atoms with Crippen molar-refractivity contribution in [3.63, 3.8) is 0 Å². The lowest BCUT2D eigenvalue weighted by molar-refractivity contribution is 0.0608. The molecule has 0 aromatic heterocycles. The lowest BCUT2D eigenvalue weighted by Gasteiger charge is -2.31. The predicted molar refractivity (Wildman–Crippen MR) is 73.4 cm³/mol. The van der Waals surface area contributed by atoms with Gasteiger partial charge in [-0.1, -0.05) is 37.1 Å². The van der Waals surface area contributed by atoms with E-state index < -0.39 is 0 Å². The van der Waals surface area contributed by atoms with Gasteiger partial charge in [0.05, 0.1) is 6.10 Å². The van der Waals surface area contributed by atoms with Crippen molar-refractivity contribution < 1.29 is 5.11 Å². The largest absolute Gasteiger partial charge is 0.392 e. The summed E-state index contributed by atoms with van der Waals surface area (Å²) in [5.74, 6) is 0.558. The van der Waals surface area contributed by atoms with Gasteiger partial charge in [0.25, 0.3) is 0 Å². The number of hydrogen-bond donors (Lipinski definition) is 1. The number of benzene rings is 1. The van der Waals surface area contributed by atoms with Gasteiger partial charge in [-0.05, 0) is 36.3 Å². The molecule has 0 saturated heterocycles. The first-order chi connectivity index (χ1) is 8.83. The molecule has 1 N–H and O–H groups in total. The Balaban J connectivity index is 1.59. The molecule has 1 fully saturated rings. The Morgan fingerprint density at radius 1 is 1.17 bits per heavy atom. The van der Waals surface area contributed by atoms with Crippen LogP contribution in [-0.2, 0) is 13.0 Å². The smallest absolute Gasteiger partial charge is 0.0695 e. The van der Waals surface area contributed by atoms with Crippen molar-refractivity contribution >= 4 is 0 Å². The standard InChI is InChI=1S/C16H23NO/c18-16(14-6-2-3-7-14)12-17-10-9-13-5-1-4-8-15(13)11-17/h1,4-5,8,14,16,18H,2-3,6-7,9-12H2. The lowest BCUT2D eigenvalue weighted by Crippen LogP contribution is -2.39. The van der Waals surface area contributed by atoms with Crippen LogP contribution in [0, 0.1) is 5.92 Å². The molecule has 0 bridgehead atoms. The zero-order valence-corrected chi connectivity index (χ0v) is 11.0. The molecular formula is C16H23NO. The van der Waals surface area contributed by atoms with Crippen molar-refractivity contribution in [2.24, 2.45) is 5.92 Å². The van der Waals surface area contributed by atoms with E-state index in [1.165, 1.54) is 36.8 Å². The van der Waals surface area contributed by atoms with Crippen molar-refractivity contribution in [1.29, 1.82) is 0 Å². The molecule has 0 amide bonds. The predicted octanol–water partition coefficient (Wildman–Crippen LogP) is 2.60. The molecular weight excluding hydrogens is 222 g/mol. The maximum absolute atomic E-state index is 10.3. The van der Waals surface area contributed by atoms with Crippen molar-refractivity contribution in [2.45, 2.75) is 44.8 Å². The fourth-order valence-electron chi connectivity index (χ4n) is 3.47. The van der Waals surface area contributed by atoms with E-state index in [4.69, 9.17) is 0 Å². The Kier molecular flexibility index (Phi) is 3.67. The fourth-order valence-corrected chi connectivity index (χ4v) is 3.47. The number of aliphatic hydroxyl groups excluding tert-OH is 1. The van der Waals surface area contributed by atoms with Crippen LogP contribution in [-0.4, -0.2) is 29.2 Å². The molecule has 1 aliphatic carbocycles. The van der Waals surface area contributed by atoms with Crippen LogP contribution in [0.25, 0.3) is 0 Å². The number of rotatable bonds is 3. The third-order valence-electron chi connectivity index (χ3n) is 4.60. The van der Waals surface area contributed by atoms with Crippen molar-refractivity contribution in [1.82, 2.24) is 4.90 Å². The molecule has 1 atom stereocenters. The Bertz CT molecular complexity index is 398. The Hall–Kier alpha value is -0.860. The molecule has 1 aromatic rings. The first kappa shape index (κ1) is 12.2. The van der Waals surface area contributed by atoms with Crippen LogP contribution in [0.4, 0.5) is 0 Å². The van der Waals surface area contributed by atoms with Gasteiger partial charge in [0.1, 0.15) is 0 Å². The third kappa shape index (κ3) is 2.60. The Labute approximate surface area is 110 Å². The van der Waals surface area contributed by atoms with E-state index in [9.17, 15) is 5.11 Å². The molecule has 2 heteroatoms. The van der Waals surface area contributed by atoms with Crippen LogP contribution >= 0.6 is 0 Å². The van der Waals surface area contributed by atoms with Crippen LogP contribution in [0.3, 0.4) is 0 Å². The maximum Gasteiger partial charge on any atom is 0.0695 e. The van der Waals surface area contributed by atoms with Gasteiger partial charge in [0, 0.05) is 19.6 Å². The minimum Gasteiger partial charge on any atom is -0.392 e. The monoisotopic (exact) mass is 245 g/mol. The molecule has 98 valence electrons.